The Balaban J connectivity index is 1.83. The zero-order valence-electron chi connectivity index (χ0n) is 12.0. The first kappa shape index (κ1) is 14.9. The lowest BCUT2D eigenvalue weighted by Gasteiger charge is -2.07. The van der Waals surface area contributed by atoms with Gasteiger partial charge in [0, 0.05) is 0 Å². The first-order chi connectivity index (χ1) is 10.8. The second kappa shape index (κ2) is 6.81. The summed E-state index contributed by atoms with van der Waals surface area (Å²) in [5.41, 5.74) is 1.61. The molecular formula is C12H15N7O2S. The minimum Gasteiger partial charge on any atom is -0.394 e. The fraction of sp³-hybridized carbons (Fsp3) is 0.417. The van der Waals surface area contributed by atoms with Gasteiger partial charge in [-0.1, -0.05) is 5.21 Å². The van der Waals surface area contributed by atoms with E-state index in [4.69, 9.17) is 9.84 Å². The van der Waals surface area contributed by atoms with Gasteiger partial charge in [0.1, 0.15) is 18.1 Å². The molecule has 0 aliphatic heterocycles. The average Bonchev–Trinajstić information content (AvgIpc) is 3.15. The molecule has 9 nitrogen and oxygen atoms in total. The molecule has 0 spiro atoms. The minimum atomic E-state index is -0.0256. The molecule has 10 heteroatoms. The monoisotopic (exact) mass is 321 g/mol. The summed E-state index contributed by atoms with van der Waals surface area (Å²) >= 11 is 1.56. The van der Waals surface area contributed by atoms with Crippen LogP contribution in [0.1, 0.15) is 5.69 Å². The van der Waals surface area contributed by atoms with Crippen molar-refractivity contribution in [2.45, 2.75) is 18.3 Å². The third-order valence-electron chi connectivity index (χ3n) is 3.05. The number of fused-ring (bicyclic) bond motifs is 1. The number of thioether (sulfide) groups is 1. The van der Waals surface area contributed by atoms with Crippen molar-refractivity contribution in [2.24, 2.45) is 0 Å². The van der Waals surface area contributed by atoms with Crippen molar-refractivity contribution < 1.29 is 9.84 Å². The lowest BCUT2D eigenvalue weighted by molar-refractivity contribution is 0.0393. The van der Waals surface area contributed by atoms with Crippen molar-refractivity contribution >= 4 is 22.8 Å². The summed E-state index contributed by atoms with van der Waals surface area (Å²) in [7, 11) is 0. The summed E-state index contributed by atoms with van der Waals surface area (Å²) in [6.45, 7) is 0.945. The molecule has 3 rings (SSSR count). The largest absolute Gasteiger partial charge is 0.394 e. The van der Waals surface area contributed by atoms with E-state index in [1.165, 1.54) is 6.33 Å². The summed E-state index contributed by atoms with van der Waals surface area (Å²) in [6, 6.07) is 0. The van der Waals surface area contributed by atoms with Crippen LogP contribution in [-0.4, -0.2) is 59.3 Å². The van der Waals surface area contributed by atoms with Gasteiger partial charge in [-0.25, -0.2) is 19.3 Å². The molecule has 3 aromatic heterocycles. The smallest absolute Gasteiger partial charge is 0.162 e. The maximum atomic E-state index is 8.74. The van der Waals surface area contributed by atoms with Crippen LogP contribution in [0.4, 0.5) is 0 Å². The van der Waals surface area contributed by atoms with Gasteiger partial charge in [-0.2, -0.15) is 5.10 Å². The van der Waals surface area contributed by atoms with E-state index in [0.29, 0.717) is 6.54 Å². The van der Waals surface area contributed by atoms with Crippen LogP contribution in [-0.2, 0) is 18.0 Å². The predicted octanol–water partition coefficient (Wildman–Crippen LogP) is 0.154. The van der Waals surface area contributed by atoms with Gasteiger partial charge in [-0.15, -0.1) is 16.9 Å². The number of hydrogen-bond acceptors (Lipinski definition) is 8. The van der Waals surface area contributed by atoms with Gasteiger partial charge >= 0.3 is 0 Å². The highest BCUT2D eigenvalue weighted by molar-refractivity contribution is 7.98. The van der Waals surface area contributed by atoms with Crippen LogP contribution in [0.15, 0.2) is 23.7 Å². The van der Waals surface area contributed by atoms with Gasteiger partial charge in [-0.05, 0) is 6.26 Å². The van der Waals surface area contributed by atoms with Gasteiger partial charge in [0.15, 0.2) is 5.65 Å². The van der Waals surface area contributed by atoms with Gasteiger partial charge < -0.3 is 9.84 Å². The average molecular weight is 321 g/mol. The van der Waals surface area contributed by atoms with Gasteiger partial charge in [0.05, 0.1) is 43.2 Å². The van der Waals surface area contributed by atoms with Crippen molar-refractivity contribution in [1.82, 2.24) is 34.7 Å². The Labute approximate surface area is 130 Å². The van der Waals surface area contributed by atoms with Crippen LogP contribution in [0.3, 0.4) is 0 Å². The quantitative estimate of drug-likeness (QED) is 0.373. The summed E-state index contributed by atoms with van der Waals surface area (Å²) in [5, 5.41) is 22.8. The minimum absolute atomic E-state index is 0.0256. The number of rotatable bonds is 7. The Kier molecular flexibility index (Phi) is 4.61. The molecule has 0 aliphatic carbocycles. The van der Waals surface area contributed by atoms with Crippen molar-refractivity contribution in [3.8, 4) is 0 Å². The molecule has 0 fully saturated rings. The lowest BCUT2D eigenvalue weighted by atomic mass is 10.4. The zero-order valence-corrected chi connectivity index (χ0v) is 12.8. The van der Waals surface area contributed by atoms with Crippen LogP contribution in [0.25, 0.3) is 11.0 Å². The molecule has 0 saturated heterocycles. The summed E-state index contributed by atoms with van der Waals surface area (Å²) in [4.78, 5) is 8.53. The zero-order chi connectivity index (χ0) is 15.4. The Bertz CT molecular complexity index is 757. The number of ether oxygens (including phenoxy) is 1. The van der Waals surface area contributed by atoms with Gasteiger partial charge in [0.25, 0.3) is 0 Å². The van der Waals surface area contributed by atoms with Crippen LogP contribution >= 0.6 is 11.8 Å². The molecule has 116 valence electrons. The van der Waals surface area contributed by atoms with Crippen LogP contribution in [0, 0.1) is 0 Å². The highest BCUT2D eigenvalue weighted by atomic mass is 32.2. The molecule has 22 heavy (non-hydrogen) atoms. The first-order valence-electron chi connectivity index (χ1n) is 6.60. The third kappa shape index (κ3) is 2.93. The second-order valence-electron chi connectivity index (χ2n) is 4.41. The summed E-state index contributed by atoms with van der Waals surface area (Å²) in [6.07, 6.45) is 6.92. The first-order valence-corrected chi connectivity index (χ1v) is 7.82. The van der Waals surface area contributed by atoms with Gasteiger partial charge in [0.2, 0.25) is 0 Å². The number of aliphatic hydroxyl groups is 1. The Morgan fingerprint density at radius 2 is 2.18 bits per heavy atom. The highest BCUT2D eigenvalue weighted by Crippen LogP contribution is 2.22. The van der Waals surface area contributed by atoms with Crippen molar-refractivity contribution in [3.63, 3.8) is 0 Å². The fourth-order valence-corrected chi connectivity index (χ4v) is 2.55. The maximum absolute atomic E-state index is 8.74. The second-order valence-corrected chi connectivity index (χ2v) is 5.20. The molecule has 3 heterocycles. The molecule has 0 aliphatic rings. The maximum Gasteiger partial charge on any atom is 0.162 e. The molecular weight excluding hydrogens is 306 g/mol. The molecule has 3 aromatic rings. The van der Waals surface area contributed by atoms with Crippen molar-refractivity contribution in [3.05, 3.63) is 24.4 Å². The van der Waals surface area contributed by atoms with E-state index in [-0.39, 0.29) is 19.9 Å². The van der Waals surface area contributed by atoms with E-state index in [0.717, 1.165) is 21.8 Å². The molecule has 0 atom stereocenters. The van der Waals surface area contributed by atoms with E-state index in [1.54, 1.807) is 33.5 Å². The van der Waals surface area contributed by atoms with Crippen molar-refractivity contribution in [2.75, 3.05) is 19.5 Å². The van der Waals surface area contributed by atoms with Crippen LogP contribution < -0.4 is 0 Å². The van der Waals surface area contributed by atoms with E-state index >= 15 is 0 Å². The molecule has 0 radical (unpaired) electrons. The van der Waals surface area contributed by atoms with E-state index in [9.17, 15) is 0 Å². The fourth-order valence-electron chi connectivity index (χ4n) is 2.03. The number of aromatic nitrogens is 7. The molecule has 0 amide bonds. The van der Waals surface area contributed by atoms with Crippen molar-refractivity contribution in [1.29, 1.82) is 0 Å². The van der Waals surface area contributed by atoms with Crippen LogP contribution in [0.5, 0.6) is 0 Å². The van der Waals surface area contributed by atoms with E-state index in [2.05, 4.69) is 25.4 Å². The highest BCUT2D eigenvalue weighted by Gasteiger charge is 2.12. The Morgan fingerprint density at radius 1 is 1.27 bits per heavy atom. The molecule has 0 unspecified atom stereocenters. The number of nitrogens with zero attached hydrogens (tertiary/aromatic N) is 7. The molecule has 0 saturated carbocycles. The topological polar surface area (TPSA) is 104 Å². The third-order valence-corrected chi connectivity index (χ3v) is 3.76. The standard InChI is InChI=1S/C12H15N7O2S/c1-22-12-10-5-16-18(11(10)13-7-14-12)6-9-4-15-17-19(9)8-21-3-2-20/h4-5,7,20H,2-3,6,8H2,1H3. The summed E-state index contributed by atoms with van der Waals surface area (Å²) < 4.78 is 8.66. The predicted molar refractivity (Wildman–Crippen MR) is 79.3 cm³/mol. The molecule has 0 aromatic carbocycles. The number of aliphatic hydroxyl groups excluding tert-OH is 1. The van der Waals surface area contributed by atoms with Crippen LogP contribution in [0.2, 0.25) is 0 Å². The Morgan fingerprint density at radius 3 is 3.00 bits per heavy atom. The Hall–Kier alpha value is -2.04. The molecule has 1 N–H and O–H groups in total. The SMILES string of the molecule is CSc1ncnc2c1cnn2Cc1cnnn1COCCO. The van der Waals surface area contributed by atoms with Gasteiger partial charge in [-0.3, -0.25) is 0 Å². The number of hydrogen-bond donors (Lipinski definition) is 1. The van der Waals surface area contributed by atoms with E-state index in [1.807, 2.05) is 6.26 Å². The summed E-state index contributed by atoms with van der Waals surface area (Å²) in [5.74, 6) is 0. The lowest BCUT2D eigenvalue weighted by Crippen LogP contribution is -2.13. The van der Waals surface area contributed by atoms with E-state index < -0.39 is 0 Å². The normalized spacial score (nSPS) is 11.4. The molecule has 0 bridgehead atoms.